The summed E-state index contributed by atoms with van der Waals surface area (Å²) < 4.78 is 9.51. The molecule has 0 bridgehead atoms. The summed E-state index contributed by atoms with van der Waals surface area (Å²) in [6.07, 6.45) is 1.43. The van der Waals surface area contributed by atoms with Crippen molar-refractivity contribution in [2.24, 2.45) is 0 Å². The van der Waals surface area contributed by atoms with E-state index in [1.54, 1.807) is 0 Å². The first-order valence-electron chi connectivity index (χ1n) is 8.79. The van der Waals surface area contributed by atoms with Crippen molar-refractivity contribution in [2.45, 2.75) is 39.0 Å². The van der Waals surface area contributed by atoms with Crippen LogP contribution >= 0.6 is 0 Å². The molecule has 3 rings (SSSR count). The Morgan fingerprint density at radius 1 is 1.00 bits per heavy atom. The molecule has 0 saturated carbocycles. The zero-order valence-electron chi connectivity index (χ0n) is 14.6. The van der Waals surface area contributed by atoms with Crippen LogP contribution in [0.2, 0.25) is 0 Å². The Kier molecular flexibility index (Phi) is 5.56. The summed E-state index contributed by atoms with van der Waals surface area (Å²) in [4.78, 5) is 0. The molecule has 0 aliphatic rings. The van der Waals surface area contributed by atoms with E-state index >= 15 is 0 Å². The van der Waals surface area contributed by atoms with E-state index < -0.39 is 6.10 Å². The highest BCUT2D eigenvalue weighted by Gasteiger charge is 2.14. The topological polar surface area (TPSA) is 63.2 Å². The Hall–Kier alpha value is -2.53. The lowest BCUT2D eigenvalue weighted by Gasteiger charge is -2.13. The van der Waals surface area contributed by atoms with Crippen LogP contribution in [-0.2, 0) is 13.1 Å². The molecule has 0 spiro atoms. The highest BCUT2D eigenvalue weighted by Crippen LogP contribution is 2.15. The van der Waals surface area contributed by atoms with Crippen LogP contribution in [0, 0.1) is 5.41 Å². The highest BCUT2D eigenvalue weighted by molar-refractivity contribution is 5.75. The standard InChI is InChI=1S/C20H25N3O2/c1-2-3-13-22-18-11-7-8-12-19(18)23(20(22)21)14-16(24)15-25-17-9-5-4-6-10-17/h4-12,16,21,24H,2-3,13-15H2,1H3/t16-/m0/s1. The van der Waals surface area contributed by atoms with Gasteiger partial charge < -0.3 is 19.0 Å². The van der Waals surface area contributed by atoms with Crippen LogP contribution in [0.25, 0.3) is 11.0 Å². The zero-order chi connectivity index (χ0) is 17.6. The molecule has 5 nitrogen and oxygen atoms in total. The van der Waals surface area contributed by atoms with Crippen LogP contribution in [0.4, 0.5) is 0 Å². The molecule has 0 saturated heterocycles. The van der Waals surface area contributed by atoms with Crippen LogP contribution in [0.5, 0.6) is 5.75 Å². The molecule has 0 fully saturated rings. The van der Waals surface area contributed by atoms with Crippen LogP contribution in [-0.4, -0.2) is 27.0 Å². The van der Waals surface area contributed by atoms with Crippen LogP contribution in [0.3, 0.4) is 0 Å². The van der Waals surface area contributed by atoms with Crippen molar-refractivity contribution in [1.82, 2.24) is 9.13 Å². The number of unbranched alkanes of at least 4 members (excludes halogenated alkanes) is 1. The van der Waals surface area contributed by atoms with E-state index in [-0.39, 0.29) is 6.61 Å². The summed E-state index contributed by atoms with van der Waals surface area (Å²) in [6.45, 7) is 3.50. The van der Waals surface area contributed by atoms with E-state index in [0.29, 0.717) is 12.2 Å². The number of rotatable bonds is 8. The van der Waals surface area contributed by atoms with Gasteiger partial charge in [-0.05, 0) is 30.7 Å². The van der Waals surface area contributed by atoms with Crippen molar-refractivity contribution in [3.63, 3.8) is 0 Å². The Bertz CT molecular complexity index is 868. The molecular formula is C20H25N3O2. The molecule has 1 aromatic heterocycles. The van der Waals surface area contributed by atoms with Gasteiger partial charge in [-0.3, -0.25) is 5.41 Å². The average Bonchev–Trinajstić information content (AvgIpc) is 2.91. The summed E-state index contributed by atoms with van der Waals surface area (Å²) in [7, 11) is 0. The SMILES string of the molecule is CCCCn1c(=N)n(C[C@H](O)COc2ccccc2)c2ccccc21. The van der Waals surface area contributed by atoms with Crippen molar-refractivity contribution < 1.29 is 9.84 Å². The Labute approximate surface area is 147 Å². The maximum absolute atomic E-state index is 10.4. The van der Waals surface area contributed by atoms with E-state index in [1.165, 1.54) is 0 Å². The van der Waals surface area contributed by atoms with Gasteiger partial charge in [-0.2, -0.15) is 0 Å². The second-order valence-corrected chi connectivity index (χ2v) is 6.21. The smallest absolute Gasteiger partial charge is 0.203 e. The van der Waals surface area contributed by atoms with Gasteiger partial charge in [-0.1, -0.05) is 43.7 Å². The lowest BCUT2D eigenvalue weighted by Crippen LogP contribution is -2.31. The Morgan fingerprint density at radius 3 is 2.32 bits per heavy atom. The Balaban J connectivity index is 1.78. The summed E-state index contributed by atoms with van der Waals surface area (Å²) in [5.74, 6) is 0.739. The molecule has 132 valence electrons. The zero-order valence-corrected chi connectivity index (χ0v) is 14.6. The van der Waals surface area contributed by atoms with Crippen molar-refractivity contribution in [2.75, 3.05) is 6.61 Å². The minimum absolute atomic E-state index is 0.199. The number of nitrogens with one attached hydrogen (secondary N) is 1. The number of aliphatic hydroxyl groups excluding tert-OH is 1. The largest absolute Gasteiger partial charge is 0.491 e. The molecule has 1 heterocycles. The van der Waals surface area contributed by atoms with Crippen LogP contribution in [0.15, 0.2) is 54.6 Å². The molecule has 0 aliphatic heterocycles. The number of hydrogen-bond acceptors (Lipinski definition) is 3. The van der Waals surface area contributed by atoms with Gasteiger partial charge in [-0.15, -0.1) is 0 Å². The van der Waals surface area contributed by atoms with Gasteiger partial charge in [0, 0.05) is 6.54 Å². The van der Waals surface area contributed by atoms with Gasteiger partial charge in [0.1, 0.15) is 18.5 Å². The second-order valence-electron chi connectivity index (χ2n) is 6.21. The number of aliphatic hydroxyl groups is 1. The third kappa shape index (κ3) is 3.94. The molecule has 0 aliphatic carbocycles. The van der Waals surface area contributed by atoms with Crippen molar-refractivity contribution >= 4 is 11.0 Å². The number of ether oxygens (including phenoxy) is 1. The van der Waals surface area contributed by atoms with Gasteiger partial charge in [0.2, 0.25) is 5.62 Å². The number of benzene rings is 2. The molecule has 3 aromatic rings. The third-order valence-electron chi connectivity index (χ3n) is 4.29. The van der Waals surface area contributed by atoms with Gasteiger partial charge in [0.05, 0.1) is 17.6 Å². The first-order valence-corrected chi connectivity index (χ1v) is 8.79. The minimum Gasteiger partial charge on any atom is -0.491 e. The number of nitrogens with zero attached hydrogens (tertiary/aromatic N) is 2. The number of para-hydroxylation sites is 3. The number of hydrogen-bond donors (Lipinski definition) is 2. The molecule has 2 N–H and O–H groups in total. The number of fused-ring (bicyclic) bond motifs is 1. The fourth-order valence-electron chi connectivity index (χ4n) is 2.99. The molecule has 1 atom stereocenters. The van der Waals surface area contributed by atoms with E-state index in [2.05, 4.69) is 6.92 Å². The van der Waals surface area contributed by atoms with Gasteiger partial charge in [-0.25, -0.2) is 0 Å². The number of imidazole rings is 1. The van der Waals surface area contributed by atoms with E-state index in [0.717, 1.165) is 36.2 Å². The number of aromatic nitrogens is 2. The predicted molar refractivity (Wildman–Crippen MR) is 98.6 cm³/mol. The van der Waals surface area contributed by atoms with E-state index in [9.17, 15) is 5.11 Å². The molecule has 0 radical (unpaired) electrons. The maximum atomic E-state index is 10.4. The van der Waals surface area contributed by atoms with Crippen molar-refractivity contribution in [1.29, 1.82) is 5.41 Å². The lowest BCUT2D eigenvalue weighted by atomic mass is 10.3. The van der Waals surface area contributed by atoms with Gasteiger partial charge in [0.25, 0.3) is 0 Å². The summed E-state index contributed by atoms with van der Waals surface area (Å²) in [6, 6.07) is 17.5. The fraction of sp³-hybridized carbons (Fsp3) is 0.350. The van der Waals surface area contributed by atoms with Crippen LogP contribution < -0.4 is 10.4 Å². The van der Waals surface area contributed by atoms with Crippen LogP contribution in [0.1, 0.15) is 19.8 Å². The quantitative estimate of drug-likeness (QED) is 0.662. The van der Waals surface area contributed by atoms with Crippen molar-refractivity contribution in [3.8, 4) is 5.75 Å². The van der Waals surface area contributed by atoms with Gasteiger partial charge in [0.15, 0.2) is 0 Å². The highest BCUT2D eigenvalue weighted by atomic mass is 16.5. The van der Waals surface area contributed by atoms with E-state index in [4.69, 9.17) is 10.1 Å². The average molecular weight is 339 g/mol. The molecule has 25 heavy (non-hydrogen) atoms. The minimum atomic E-state index is -0.681. The first-order chi connectivity index (χ1) is 12.2. The first kappa shape index (κ1) is 17.3. The third-order valence-corrected chi connectivity index (χ3v) is 4.29. The molecule has 0 unspecified atom stereocenters. The molecule has 0 amide bonds. The Morgan fingerprint density at radius 2 is 1.64 bits per heavy atom. The normalized spacial score (nSPS) is 12.4. The summed E-state index contributed by atoms with van der Waals surface area (Å²) in [5, 5.41) is 18.9. The molecular weight excluding hydrogens is 314 g/mol. The van der Waals surface area contributed by atoms with Crippen molar-refractivity contribution in [3.05, 3.63) is 60.2 Å². The maximum Gasteiger partial charge on any atom is 0.203 e. The molecule has 2 aromatic carbocycles. The lowest BCUT2D eigenvalue weighted by molar-refractivity contribution is 0.0921. The second kappa shape index (κ2) is 8.03. The summed E-state index contributed by atoms with van der Waals surface area (Å²) in [5.41, 5.74) is 2.44. The molecule has 5 heteroatoms. The summed E-state index contributed by atoms with van der Waals surface area (Å²) >= 11 is 0. The fourth-order valence-corrected chi connectivity index (χ4v) is 2.99. The predicted octanol–water partition coefficient (Wildman–Crippen LogP) is 3.16. The van der Waals surface area contributed by atoms with E-state index in [1.807, 2.05) is 63.7 Å². The van der Waals surface area contributed by atoms with Gasteiger partial charge >= 0.3 is 0 Å². The monoisotopic (exact) mass is 339 g/mol. The number of aryl methyl sites for hydroxylation is 1.